The van der Waals surface area contributed by atoms with E-state index in [2.05, 4.69) is 15.4 Å². The van der Waals surface area contributed by atoms with Crippen LogP contribution in [0.1, 0.15) is 38.6 Å². The van der Waals surface area contributed by atoms with Crippen LogP contribution in [0.2, 0.25) is 0 Å². The zero-order valence-electron chi connectivity index (χ0n) is 18.4. The van der Waals surface area contributed by atoms with Crippen molar-refractivity contribution in [1.29, 1.82) is 0 Å². The lowest BCUT2D eigenvalue weighted by atomic mass is 10.0. The first-order valence-electron chi connectivity index (χ1n) is 10.2. The zero-order valence-corrected chi connectivity index (χ0v) is 18.4. The number of hydrogen-bond donors (Lipinski definition) is 1. The Morgan fingerprint density at radius 3 is 2.41 bits per heavy atom. The molecule has 0 fully saturated rings. The normalized spacial score (nSPS) is 11.8. The first-order chi connectivity index (χ1) is 15.9. The standard InChI is InChI=1S/C24H19F5N4O/c1-12-4-7-20-16(8-12)17(9-13(2)30-20)23(34)31-21-14(3)33(32-22(21)24(27,28)29)11-15-5-6-18(25)19(26)10-15/h4-10H,11H2,1-3H3,(H,31,34). The molecular weight excluding hydrogens is 455 g/mol. The molecule has 2 heterocycles. The summed E-state index contributed by atoms with van der Waals surface area (Å²) in [6.07, 6.45) is -4.86. The Bertz CT molecular complexity index is 1430. The second-order valence-corrected chi connectivity index (χ2v) is 8.00. The van der Waals surface area contributed by atoms with Gasteiger partial charge in [-0.25, -0.2) is 8.78 Å². The summed E-state index contributed by atoms with van der Waals surface area (Å²) in [4.78, 5) is 17.5. The van der Waals surface area contributed by atoms with Crippen LogP contribution in [0.4, 0.5) is 27.6 Å². The number of alkyl halides is 3. The van der Waals surface area contributed by atoms with Crippen molar-refractivity contribution in [3.05, 3.63) is 87.9 Å². The Balaban J connectivity index is 1.76. The molecule has 0 saturated carbocycles. The van der Waals surface area contributed by atoms with E-state index in [4.69, 9.17) is 0 Å². The van der Waals surface area contributed by atoms with Crippen molar-refractivity contribution in [2.75, 3.05) is 5.32 Å². The highest BCUT2D eigenvalue weighted by molar-refractivity contribution is 6.13. The number of fused-ring (bicyclic) bond motifs is 1. The van der Waals surface area contributed by atoms with Gasteiger partial charge in [-0.15, -0.1) is 0 Å². The van der Waals surface area contributed by atoms with E-state index in [-0.39, 0.29) is 23.4 Å². The topological polar surface area (TPSA) is 59.8 Å². The summed E-state index contributed by atoms with van der Waals surface area (Å²) in [5.41, 5.74) is 0.535. The number of aromatic nitrogens is 3. The molecule has 1 N–H and O–H groups in total. The number of benzene rings is 2. The fraction of sp³-hybridized carbons (Fsp3) is 0.208. The summed E-state index contributed by atoms with van der Waals surface area (Å²) < 4.78 is 69.1. The van der Waals surface area contributed by atoms with E-state index in [1.165, 1.54) is 19.1 Å². The molecule has 0 unspecified atom stereocenters. The number of aryl methyl sites for hydroxylation is 2. The maximum absolute atomic E-state index is 13.8. The summed E-state index contributed by atoms with van der Waals surface area (Å²) in [5.74, 6) is -2.94. The van der Waals surface area contributed by atoms with E-state index in [0.29, 0.717) is 16.6 Å². The van der Waals surface area contributed by atoms with Crippen molar-refractivity contribution in [3.8, 4) is 0 Å². The first-order valence-corrected chi connectivity index (χ1v) is 10.2. The van der Waals surface area contributed by atoms with Gasteiger partial charge in [0.15, 0.2) is 17.3 Å². The molecule has 2 aromatic carbocycles. The second kappa shape index (κ2) is 8.51. The Morgan fingerprint density at radius 2 is 1.74 bits per heavy atom. The van der Waals surface area contributed by atoms with E-state index < -0.39 is 35.1 Å². The van der Waals surface area contributed by atoms with Crippen LogP contribution in [-0.4, -0.2) is 20.7 Å². The highest BCUT2D eigenvalue weighted by Crippen LogP contribution is 2.36. The van der Waals surface area contributed by atoms with Crippen LogP contribution in [0, 0.1) is 32.4 Å². The van der Waals surface area contributed by atoms with E-state index >= 15 is 0 Å². The van der Waals surface area contributed by atoms with Gasteiger partial charge in [0.05, 0.1) is 29.0 Å². The van der Waals surface area contributed by atoms with E-state index in [9.17, 15) is 26.7 Å². The lowest BCUT2D eigenvalue weighted by molar-refractivity contribution is -0.140. The van der Waals surface area contributed by atoms with Gasteiger partial charge in [-0.3, -0.25) is 14.5 Å². The summed E-state index contributed by atoms with van der Waals surface area (Å²) in [7, 11) is 0. The van der Waals surface area contributed by atoms with Crippen LogP contribution >= 0.6 is 0 Å². The van der Waals surface area contributed by atoms with Crippen LogP contribution in [0.15, 0.2) is 42.5 Å². The molecule has 4 rings (SSSR count). The molecule has 0 spiro atoms. The molecule has 176 valence electrons. The Morgan fingerprint density at radius 1 is 1.00 bits per heavy atom. The number of anilines is 1. The van der Waals surface area contributed by atoms with Crippen molar-refractivity contribution in [3.63, 3.8) is 0 Å². The molecule has 0 saturated heterocycles. The third-order valence-electron chi connectivity index (χ3n) is 5.37. The van der Waals surface area contributed by atoms with Crippen molar-refractivity contribution in [2.45, 2.75) is 33.5 Å². The number of halogens is 5. The van der Waals surface area contributed by atoms with E-state index in [0.717, 1.165) is 22.4 Å². The average molecular weight is 474 g/mol. The molecule has 0 bridgehead atoms. The number of nitrogens with one attached hydrogen (secondary N) is 1. The fourth-order valence-electron chi connectivity index (χ4n) is 3.70. The van der Waals surface area contributed by atoms with Gasteiger partial charge in [0.2, 0.25) is 0 Å². The summed E-state index contributed by atoms with van der Waals surface area (Å²) in [5, 5.41) is 6.48. The number of amides is 1. The third-order valence-corrected chi connectivity index (χ3v) is 5.37. The highest BCUT2D eigenvalue weighted by atomic mass is 19.4. The van der Waals surface area contributed by atoms with Crippen LogP contribution in [-0.2, 0) is 12.7 Å². The minimum absolute atomic E-state index is 0.0108. The van der Waals surface area contributed by atoms with Gasteiger partial charge >= 0.3 is 6.18 Å². The van der Waals surface area contributed by atoms with Crippen LogP contribution in [0.5, 0.6) is 0 Å². The molecule has 0 aliphatic rings. The quantitative estimate of drug-likeness (QED) is 0.372. The molecule has 0 atom stereocenters. The molecule has 10 heteroatoms. The number of pyridine rings is 1. The largest absolute Gasteiger partial charge is 0.437 e. The molecule has 4 aromatic rings. The molecule has 0 aliphatic carbocycles. The predicted molar refractivity (Wildman–Crippen MR) is 117 cm³/mol. The molecule has 2 aromatic heterocycles. The molecule has 1 amide bonds. The number of nitrogens with zero attached hydrogens (tertiary/aromatic N) is 3. The van der Waals surface area contributed by atoms with Gasteiger partial charge in [-0.1, -0.05) is 17.7 Å². The first kappa shape index (κ1) is 23.3. The Labute approximate surface area is 191 Å². The van der Waals surface area contributed by atoms with Gasteiger partial charge in [-0.2, -0.15) is 18.3 Å². The lowest BCUT2D eigenvalue weighted by Gasteiger charge is -2.12. The number of rotatable bonds is 4. The number of carbonyl (C=O) groups excluding carboxylic acids is 1. The van der Waals surface area contributed by atoms with Crippen molar-refractivity contribution < 1.29 is 26.7 Å². The van der Waals surface area contributed by atoms with Gasteiger partial charge in [-0.05, 0) is 56.7 Å². The van der Waals surface area contributed by atoms with Crippen molar-refractivity contribution >= 4 is 22.5 Å². The average Bonchev–Trinajstić information content (AvgIpc) is 3.06. The number of carbonyl (C=O) groups is 1. The third kappa shape index (κ3) is 4.48. The van der Waals surface area contributed by atoms with E-state index in [1.54, 1.807) is 19.1 Å². The Hall–Kier alpha value is -3.82. The van der Waals surface area contributed by atoms with Crippen LogP contribution in [0.25, 0.3) is 10.9 Å². The lowest BCUT2D eigenvalue weighted by Crippen LogP contribution is -2.17. The van der Waals surface area contributed by atoms with Crippen LogP contribution in [0.3, 0.4) is 0 Å². The number of hydrogen-bond acceptors (Lipinski definition) is 3. The van der Waals surface area contributed by atoms with Gasteiger partial charge in [0.1, 0.15) is 0 Å². The molecule has 0 aliphatic heterocycles. The SMILES string of the molecule is Cc1ccc2nc(C)cc(C(=O)Nc3c(C(F)(F)F)nn(Cc4ccc(F)c(F)c4)c3C)c2c1. The van der Waals surface area contributed by atoms with Gasteiger partial charge in [0, 0.05) is 11.1 Å². The molecule has 34 heavy (non-hydrogen) atoms. The molecule has 5 nitrogen and oxygen atoms in total. The maximum Gasteiger partial charge on any atom is 0.437 e. The molecule has 0 radical (unpaired) electrons. The predicted octanol–water partition coefficient (Wildman–Crippen LogP) is 5.95. The van der Waals surface area contributed by atoms with Gasteiger partial charge in [0.25, 0.3) is 5.91 Å². The highest BCUT2D eigenvalue weighted by Gasteiger charge is 2.39. The smallest absolute Gasteiger partial charge is 0.319 e. The van der Waals surface area contributed by atoms with E-state index in [1.807, 2.05) is 13.0 Å². The Kier molecular flexibility index (Phi) is 5.84. The maximum atomic E-state index is 13.8. The minimum atomic E-state index is -4.86. The second-order valence-electron chi connectivity index (χ2n) is 8.00. The summed E-state index contributed by atoms with van der Waals surface area (Å²) >= 11 is 0. The minimum Gasteiger partial charge on any atom is -0.319 e. The fourth-order valence-corrected chi connectivity index (χ4v) is 3.70. The van der Waals surface area contributed by atoms with Crippen molar-refractivity contribution in [2.24, 2.45) is 0 Å². The summed E-state index contributed by atoms with van der Waals surface area (Å²) in [6, 6.07) is 9.82. The van der Waals surface area contributed by atoms with Crippen molar-refractivity contribution in [1.82, 2.24) is 14.8 Å². The van der Waals surface area contributed by atoms with Crippen LogP contribution < -0.4 is 5.32 Å². The monoisotopic (exact) mass is 474 g/mol. The zero-order chi connectivity index (χ0) is 24.8. The summed E-state index contributed by atoms with van der Waals surface area (Å²) in [6.45, 7) is 4.62. The molecular formula is C24H19F5N4O. The van der Waals surface area contributed by atoms with Gasteiger partial charge < -0.3 is 5.32 Å².